The molecule has 23 heteroatoms. The number of nitrogen functional groups attached to an aromatic ring is 1. The Kier molecular flexibility index (Phi) is 16.8. The van der Waals surface area contributed by atoms with Gasteiger partial charge in [0.25, 0.3) is 11.8 Å². The molecule has 2 atom stereocenters. The zero-order chi connectivity index (χ0) is 56.1. The Morgan fingerprint density at radius 2 is 1.56 bits per heavy atom. The van der Waals surface area contributed by atoms with Gasteiger partial charge in [-0.2, -0.15) is 18.3 Å². The molecule has 10 rings (SSSR count). The first kappa shape index (κ1) is 55.4. The number of hydrogen-bond acceptors (Lipinski definition) is 13. The molecule has 422 valence electrons. The van der Waals surface area contributed by atoms with Gasteiger partial charge in [0, 0.05) is 112 Å². The Morgan fingerprint density at radius 3 is 2.30 bits per heavy atom. The van der Waals surface area contributed by atoms with Crippen molar-refractivity contribution in [2.75, 3.05) is 75.4 Å². The van der Waals surface area contributed by atoms with Gasteiger partial charge < -0.3 is 40.5 Å². The third-order valence-electron chi connectivity index (χ3n) is 15.8. The number of piperidine rings is 2. The number of ether oxygens (including phenoxy) is 2. The number of methoxy groups -OCH3 is 1. The first-order valence-corrected chi connectivity index (χ1v) is 27.4. The lowest BCUT2D eigenvalue weighted by molar-refractivity contribution is -0.137. The molecule has 5 N–H and O–H groups in total. The van der Waals surface area contributed by atoms with Crippen molar-refractivity contribution in [3.8, 4) is 17.0 Å². The van der Waals surface area contributed by atoms with Crippen LogP contribution in [0, 0.1) is 0 Å². The van der Waals surface area contributed by atoms with Gasteiger partial charge in [-0.15, -0.1) is 0 Å². The van der Waals surface area contributed by atoms with Crippen LogP contribution < -0.4 is 31.3 Å². The number of nitrogens with one attached hydrogen (secondary N) is 3. The summed E-state index contributed by atoms with van der Waals surface area (Å²) in [5.74, 6) is -0.839. The fraction of sp³-hybridized carbons (Fsp3) is 0.456. The number of aromatic nitrogens is 4. The van der Waals surface area contributed by atoms with Gasteiger partial charge >= 0.3 is 12.2 Å². The van der Waals surface area contributed by atoms with Crippen LogP contribution in [-0.2, 0) is 25.3 Å². The maximum Gasteiger partial charge on any atom is 0.416 e. The van der Waals surface area contributed by atoms with Crippen molar-refractivity contribution in [2.45, 2.75) is 108 Å². The number of pyridine rings is 2. The summed E-state index contributed by atoms with van der Waals surface area (Å²) in [5, 5.41) is 13.8. The van der Waals surface area contributed by atoms with E-state index in [1.54, 1.807) is 58.5 Å². The maximum atomic E-state index is 14.0. The molecule has 4 aliphatic heterocycles. The van der Waals surface area contributed by atoms with Gasteiger partial charge in [0.15, 0.2) is 0 Å². The smallest absolute Gasteiger partial charge is 0.416 e. The number of amides is 7. The Morgan fingerprint density at radius 1 is 0.825 bits per heavy atom. The fourth-order valence-corrected chi connectivity index (χ4v) is 11.5. The fourth-order valence-electron chi connectivity index (χ4n) is 11.5. The molecular formula is C57H65F3N12O8. The van der Waals surface area contributed by atoms with E-state index in [4.69, 9.17) is 20.3 Å². The average Bonchev–Trinajstić information content (AvgIpc) is 3.88. The number of hydrogen-bond donors (Lipinski definition) is 4. The van der Waals surface area contributed by atoms with Crippen molar-refractivity contribution in [3.05, 3.63) is 95.3 Å². The van der Waals surface area contributed by atoms with E-state index in [1.165, 1.54) is 12.0 Å². The lowest BCUT2D eigenvalue weighted by Crippen LogP contribution is -2.49. The van der Waals surface area contributed by atoms with Crippen molar-refractivity contribution in [1.29, 1.82) is 0 Å². The SMILES string of the molecule is COc1ccc(C(=O)N2CCC(OC3CCN(CCC(=O)N4CC/C=C/c5cnc(N)c6c(-c7ccc(C(=O)Nc8cc(C(F)(F)F)ccn8)cc7)nn(c56)[C@@H]5CCC[C@H](C5)NC(=O)CC4)CC3)CC2)cc1N1CCC(=O)NC1=O. The van der Waals surface area contributed by atoms with Crippen LogP contribution in [0.4, 0.5) is 35.3 Å². The summed E-state index contributed by atoms with van der Waals surface area (Å²) in [6.45, 7) is 4.06. The number of carbonyl (C=O) groups excluding carboxylic acids is 6. The number of benzene rings is 2. The summed E-state index contributed by atoms with van der Waals surface area (Å²) < 4.78 is 54.0. The number of halogens is 3. The average molecular weight is 1100 g/mol. The summed E-state index contributed by atoms with van der Waals surface area (Å²) in [6, 6.07) is 12.3. The van der Waals surface area contributed by atoms with Crippen LogP contribution in [0.2, 0.25) is 0 Å². The zero-order valence-corrected chi connectivity index (χ0v) is 44.5. The van der Waals surface area contributed by atoms with Gasteiger partial charge in [-0.1, -0.05) is 24.3 Å². The standard InChI is InChI=1S/C57H65F3N12O8/c1-79-45-13-12-37(31-44(45)71-30-20-48(74)66-56(71)78)55(77)70-27-17-43(18-28-70)80-42-15-24-68(25-16-42)26-21-49(75)69-23-3-2-5-38-34-63-53(61)50-51(67-72(52(38)50)41-7-4-6-40(33-41)64-47(73)19-29-69)35-8-10-36(11-9-35)54(76)65-46-32-39(14-22-62-46)57(58,59)60/h2,5,8-14,22,31-32,34,40-43H,3-4,6-7,15-21,23-30,33H2,1H3,(H2,61,63)(H,64,73)(H,62,65,76)(H,66,74,78)/b5-2+/t40-,41-/m1/s1. The number of alkyl halides is 3. The Labute approximate surface area is 460 Å². The minimum Gasteiger partial charge on any atom is -0.495 e. The number of nitrogens with two attached hydrogens (primary N) is 1. The molecule has 0 unspecified atom stereocenters. The Hall–Kier alpha value is -7.92. The number of carbonyl (C=O) groups is 6. The quantitative estimate of drug-likeness (QED) is 0.102. The van der Waals surface area contributed by atoms with E-state index < -0.39 is 23.7 Å². The highest BCUT2D eigenvalue weighted by molar-refractivity contribution is 6.08. The molecule has 1 aliphatic carbocycles. The molecule has 5 aliphatic rings. The number of rotatable bonds is 11. The molecule has 3 aromatic heterocycles. The van der Waals surface area contributed by atoms with E-state index in [1.807, 2.05) is 16.8 Å². The lowest BCUT2D eigenvalue weighted by atomic mass is 9.90. The van der Waals surface area contributed by atoms with Gasteiger partial charge in [0.1, 0.15) is 23.1 Å². The molecule has 5 aromatic rings. The van der Waals surface area contributed by atoms with Gasteiger partial charge in [0.2, 0.25) is 17.7 Å². The number of fused-ring (bicyclic) bond motifs is 3. The van der Waals surface area contributed by atoms with Crippen LogP contribution in [0.15, 0.2) is 73.1 Å². The second kappa shape index (κ2) is 24.2. The molecule has 7 heterocycles. The monoisotopic (exact) mass is 1100 g/mol. The molecule has 3 saturated heterocycles. The molecule has 2 bridgehead atoms. The zero-order valence-electron chi connectivity index (χ0n) is 44.5. The topological polar surface area (TPSA) is 240 Å². The molecule has 2 aromatic carbocycles. The highest BCUT2D eigenvalue weighted by Crippen LogP contribution is 2.40. The van der Waals surface area contributed by atoms with Gasteiger partial charge in [-0.05, 0) is 100 Å². The normalized spacial score (nSPS) is 20.6. The first-order valence-electron chi connectivity index (χ1n) is 27.4. The lowest BCUT2D eigenvalue weighted by Gasteiger charge is -2.37. The third-order valence-corrected chi connectivity index (χ3v) is 15.8. The molecule has 80 heavy (non-hydrogen) atoms. The highest BCUT2D eigenvalue weighted by Gasteiger charge is 2.34. The molecule has 20 nitrogen and oxygen atoms in total. The van der Waals surface area contributed by atoms with Crippen LogP contribution in [0.5, 0.6) is 5.75 Å². The minimum atomic E-state index is -4.60. The van der Waals surface area contributed by atoms with Crippen LogP contribution in [0.1, 0.15) is 115 Å². The van der Waals surface area contributed by atoms with Crippen LogP contribution >= 0.6 is 0 Å². The highest BCUT2D eigenvalue weighted by atomic mass is 19.4. The van der Waals surface area contributed by atoms with Crippen LogP contribution in [0.25, 0.3) is 28.2 Å². The van der Waals surface area contributed by atoms with Gasteiger partial charge in [-0.25, -0.2) is 14.8 Å². The summed E-state index contributed by atoms with van der Waals surface area (Å²) in [5.41, 5.74) is 9.48. The van der Waals surface area contributed by atoms with Gasteiger partial charge in [-0.3, -0.25) is 38.9 Å². The molecule has 4 fully saturated rings. The summed E-state index contributed by atoms with van der Waals surface area (Å²) in [7, 11) is 1.49. The van der Waals surface area contributed by atoms with E-state index in [2.05, 4.69) is 30.8 Å². The van der Waals surface area contributed by atoms with Crippen LogP contribution in [-0.4, -0.2) is 148 Å². The van der Waals surface area contributed by atoms with Crippen molar-refractivity contribution >= 4 is 69.9 Å². The van der Waals surface area contributed by atoms with Crippen molar-refractivity contribution in [2.24, 2.45) is 0 Å². The predicted octanol–water partition coefficient (Wildman–Crippen LogP) is 7.21. The van der Waals surface area contributed by atoms with Crippen molar-refractivity contribution in [1.82, 2.24) is 45.1 Å². The summed E-state index contributed by atoms with van der Waals surface area (Å²) >= 11 is 0. The first-order chi connectivity index (χ1) is 38.6. The number of anilines is 3. The molecule has 7 amide bonds. The second-order valence-corrected chi connectivity index (χ2v) is 21.0. The van der Waals surface area contributed by atoms with Crippen LogP contribution in [0.3, 0.4) is 0 Å². The van der Waals surface area contributed by atoms with E-state index in [-0.39, 0.29) is 91.1 Å². The summed E-state index contributed by atoms with van der Waals surface area (Å²) in [6.07, 6.45) is 9.32. The van der Waals surface area contributed by atoms with Crippen molar-refractivity contribution < 1.29 is 51.4 Å². The predicted molar refractivity (Wildman–Crippen MR) is 291 cm³/mol. The second-order valence-electron chi connectivity index (χ2n) is 21.0. The van der Waals surface area contributed by atoms with E-state index in [0.717, 1.165) is 74.6 Å². The molecular weight excluding hydrogens is 1040 g/mol. The Balaban J connectivity index is 0.739. The molecule has 1 saturated carbocycles. The van der Waals surface area contributed by atoms with Crippen molar-refractivity contribution in [3.63, 3.8) is 0 Å². The Bertz CT molecular complexity index is 3170. The largest absolute Gasteiger partial charge is 0.495 e. The van der Waals surface area contributed by atoms with E-state index >= 15 is 0 Å². The number of nitrogens with zero attached hydrogens (tertiary/aromatic N) is 8. The van der Waals surface area contributed by atoms with E-state index in [9.17, 15) is 41.9 Å². The van der Waals surface area contributed by atoms with Gasteiger partial charge in [0.05, 0.1) is 47.5 Å². The number of urea groups is 1. The molecule has 0 radical (unpaired) electrons. The minimum absolute atomic E-state index is 0.0112. The maximum absolute atomic E-state index is 14.0. The number of imide groups is 1. The molecule has 0 spiro atoms. The summed E-state index contributed by atoms with van der Waals surface area (Å²) in [4.78, 5) is 94.5. The van der Waals surface area contributed by atoms with E-state index in [0.29, 0.717) is 91.9 Å². The number of likely N-dealkylation sites (tertiary alicyclic amines) is 2. The third kappa shape index (κ3) is 12.7.